The van der Waals surface area contributed by atoms with Gasteiger partial charge in [0.05, 0.1) is 16.5 Å². The first-order valence-electron chi connectivity index (χ1n) is 5.47. The lowest BCUT2D eigenvalue weighted by molar-refractivity contribution is -0.254. The number of thiazole rings is 1. The number of hydrogen-bond donors (Lipinski definition) is 0. The van der Waals surface area contributed by atoms with Crippen molar-refractivity contribution in [3.05, 3.63) is 45.9 Å². The number of Topliss-reactive ketones (excluding diaryl/α,β-unsaturated/α-hetero) is 1. The van der Waals surface area contributed by atoms with Crippen LogP contribution in [0.4, 0.5) is 0 Å². The van der Waals surface area contributed by atoms with Crippen molar-refractivity contribution in [3.63, 3.8) is 0 Å². The third-order valence-corrected chi connectivity index (χ3v) is 3.51. The Bertz CT molecular complexity index is 606. The van der Waals surface area contributed by atoms with Crippen LogP contribution >= 0.6 is 11.3 Å². The highest BCUT2D eigenvalue weighted by Crippen LogP contribution is 2.18. The highest BCUT2D eigenvalue weighted by Gasteiger charge is 2.15. The smallest absolute Gasteiger partial charge is 0.228 e. The molecule has 0 aliphatic carbocycles. The number of carbonyl (C=O) groups is 2. The molecular formula is C13H10NO4S-. The number of nitrogens with zero attached hydrogens (tertiary/aromatic N) is 1. The summed E-state index contributed by atoms with van der Waals surface area (Å²) < 4.78 is 5.29. The van der Waals surface area contributed by atoms with Gasteiger partial charge in [-0.25, -0.2) is 4.98 Å². The average Bonchev–Trinajstić information content (AvgIpc) is 2.79. The van der Waals surface area contributed by atoms with Crippen molar-refractivity contribution < 1.29 is 19.4 Å². The van der Waals surface area contributed by atoms with Gasteiger partial charge in [0.15, 0.2) is 11.6 Å². The number of aromatic nitrogens is 1. The summed E-state index contributed by atoms with van der Waals surface area (Å²) in [4.78, 5) is 26.5. The first-order valence-corrected chi connectivity index (χ1v) is 6.29. The molecule has 0 atom stereocenters. The van der Waals surface area contributed by atoms with Crippen LogP contribution in [0.25, 0.3) is 0 Å². The molecule has 0 saturated carbocycles. The Kier molecular flexibility index (Phi) is 3.91. The molecule has 1 aromatic carbocycles. The van der Waals surface area contributed by atoms with E-state index in [9.17, 15) is 14.7 Å². The molecule has 0 spiro atoms. The molecule has 0 amide bonds. The van der Waals surface area contributed by atoms with Crippen LogP contribution in [0, 0.1) is 6.92 Å². The van der Waals surface area contributed by atoms with Crippen LogP contribution in [0.15, 0.2) is 30.3 Å². The molecule has 5 nitrogen and oxygen atoms in total. The van der Waals surface area contributed by atoms with Crippen LogP contribution < -0.4 is 9.84 Å². The maximum atomic E-state index is 11.8. The first-order chi connectivity index (χ1) is 9.08. The fourth-order valence-corrected chi connectivity index (χ4v) is 2.26. The molecule has 0 aliphatic heterocycles. The van der Waals surface area contributed by atoms with E-state index < -0.39 is 5.97 Å². The summed E-state index contributed by atoms with van der Waals surface area (Å²) in [7, 11) is 0. The Hall–Kier alpha value is -2.21. The zero-order valence-electron chi connectivity index (χ0n) is 10.1. The van der Waals surface area contributed by atoms with E-state index in [0.717, 1.165) is 11.3 Å². The molecule has 19 heavy (non-hydrogen) atoms. The number of carbonyl (C=O) groups excluding carboxylic acids is 2. The van der Waals surface area contributed by atoms with Gasteiger partial charge < -0.3 is 14.6 Å². The molecule has 0 saturated heterocycles. The highest BCUT2D eigenvalue weighted by molar-refractivity contribution is 7.15. The number of rotatable bonds is 5. The van der Waals surface area contributed by atoms with E-state index in [1.165, 1.54) is 6.92 Å². The van der Waals surface area contributed by atoms with E-state index in [4.69, 9.17) is 4.74 Å². The number of aryl methyl sites for hydroxylation is 1. The number of aromatic carboxylic acids is 1. The van der Waals surface area contributed by atoms with Gasteiger partial charge in [0.1, 0.15) is 5.75 Å². The summed E-state index contributed by atoms with van der Waals surface area (Å²) >= 11 is 0.808. The topological polar surface area (TPSA) is 79.3 Å². The van der Waals surface area contributed by atoms with Crippen LogP contribution in [0.5, 0.6) is 5.75 Å². The minimum Gasteiger partial charge on any atom is -0.544 e. The Morgan fingerprint density at radius 3 is 2.58 bits per heavy atom. The lowest BCUT2D eigenvalue weighted by atomic mass is 10.3. The molecule has 2 rings (SSSR count). The summed E-state index contributed by atoms with van der Waals surface area (Å²) in [5.74, 6) is -1.10. The van der Waals surface area contributed by atoms with Crippen molar-refractivity contribution >= 4 is 23.1 Å². The van der Waals surface area contributed by atoms with Crippen molar-refractivity contribution in [2.24, 2.45) is 0 Å². The number of para-hydroxylation sites is 1. The normalized spacial score (nSPS) is 10.2. The molecular weight excluding hydrogens is 266 g/mol. The zero-order valence-corrected chi connectivity index (χ0v) is 10.9. The number of hydrogen-bond acceptors (Lipinski definition) is 6. The fourth-order valence-electron chi connectivity index (χ4n) is 1.43. The molecule has 6 heteroatoms. The number of carboxylic acids is 1. The summed E-state index contributed by atoms with van der Waals surface area (Å²) in [6.45, 7) is 1.35. The predicted octanol–water partition coefficient (Wildman–Crippen LogP) is 1.08. The van der Waals surface area contributed by atoms with Gasteiger partial charge in [0.25, 0.3) is 0 Å². The third kappa shape index (κ3) is 3.17. The van der Waals surface area contributed by atoms with Gasteiger partial charge in [-0.2, -0.15) is 0 Å². The Morgan fingerprint density at radius 1 is 1.32 bits per heavy atom. The molecule has 1 heterocycles. The number of ether oxygens (including phenoxy) is 1. The van der Waals surface area contributed by atoms with Crippen molar-refractivity contribution in [1.82, 2.24) is 4.98 Å². The first kappa shape index (κ1) is 13.2. The monoisotopic (exact) mass is 276 g/mol. The van der Waals surface area contributed by atoms with Crippen LogP contribution in [0.2, 0.25) is 0 Å². The second-order valence-corrected chi connectivity index (χ2v) is 4.74. The summed E-state index contributed by atoms with van der Waals surface area (Å²) in [6.07, 6.45) is 0. The van der Waals surface area contributed by atoms with Crippen LogP contribution in [-0.4, -0.2) is 23.3 Å². The van der Waals surface area contributed by atoms with E-state index in [2.05, 4.69) is 4.98 Å². The van der Waals surface area contributed by atoms with E-state index in [0.29, 0.717) is 5.75 Å². The summed E-state index contributed by atoms with van der Waals surface area (Å²) in [6, 6.07) is 8.88. The molecule has 2 aromatic rings. The highest BCUT2D eigenvalue weighted by atomic mass is 32.1. The number of ketones is 1. The quantitative estimate of drug-likeness (QED) is 0.763. The van der Waals surface area contributed by atoms with Gasteiger partial charge in [0.2, 0.25) is 5.78 Å². The SMILES string of the molecule is Cc1nc(C(=O)COc2ccccc2)sc1C(=O)[O-]. The Morgan fingerprint density at radius 2 is 2.00 bits per heavy atom. The van der Waals surface area contributed by atoms with Crippen molar-refractivity contribution in [2.45, 2.75) is 6.92 Å². The lowest BCUT2D eigenvalue weighted by Crippen LogP contribution is -2.21. The molecule has 0 bridgehead atoms. The minimum atomic E-state index is -1.32. The van der Waals surface area contributed by atoms with Gasteiger partial charge in [-0.3, -0.25) is 4.79 Å². The van der Waals surface area contributed by atoms with Gasteiger partial charge in [-0.05, 0) is 19.1 Å². The largest absolute Gasteiger partial charge is 0.544 e. The summed E-state index contributed by atoms with van der Waals surface area (Å²) in [5, 5.41) is 10.9. The molecule has 0 aliphatic rings. The molecule has 0 fully saturated rings. The molecule has 0 radical (unpaired) electrons. The molecule has 0 N–H and O–H groups in total. The average molecular weight is 276 g/mol. The van der Waals surface area contributed by atoms with E-state index >= 15 is 0 Å². The fraction of sp³-hybridized carbons (Fsp3) is 0.154. The molecule has 1 aromatic heterocycles. The van der Waals surface area contributed by atoms with Crippen molar-refractivity contribution in [1.29, 1.82) is 0 Å². The second kappa shape index (κ2) is 5.62. The van der Waals surface area contributed by atoms with E-state index in [-0.39, 0.29) is 28.0 Å². The van der Waals surface area contributed by atoms with Gasteiger partial charge in [0, 0.05) is 0 Å². The molecule has 98 valence electrons. The van der Waals surface area contributed by atoms with E-state index in [1.807, 2.05) is 6.07 Å². The van der Waals surface area contributed by atoms with Crippen LogP contribution in [0.3, 0.4) is 0 Å². The van der Waals surface area contributed by atoms with Crippen LogP contribution in [0.1, 0.15) is 25.2 Å². The number of carboxylic acid groups (broad SMARTS) is 1. The van der Waals surface area contributed by atoms with Crippen molar-refractivity contribution in [3.8, 4) is 5.75 Å². The summed E-state index contributed by atoms with van der Waals surface area (Å²) in [5.41, 5.74) is 0.285. The maximum absolute atomic E-state index is 11.8. The maximum Gasteiger partial charge on any atom is 0.228 e. The van der Waals surface area contributed by atoms with Crippen molar-refractivity contribution in [2.75, 3.05) is 6.61 Å². The molecule has 0 unspecified atom stereocenters. The lowest BCUT2D eigenvalue weighted by Gasteiger charge is -2.02. The Labute approximate surface area is 113 Å². The van der Waals surface area contributed by atoms with Gasteiger partial charge in [-0.1, -0.05) is 18.2 Å². The zero-order chi connectivity index (χ0) is 13.8. The third-order valence-electron chi connectivity index (χ3n) is 2.33. The van der Waals surface area contributed by atoms with E-state index in [1.54, 1.807) is 24.3 Å². The standard InChI is InChI=1S/C13H11NO4S/c1-8-11(13(16)17)19-12(14-8)10(15)7-18-9-5-3-2-4-6-9/h2-6H,7H2,1H3,(H,16,17)/p-1. The predicted molar refractivity (Wildman–Crippen MR) is 67.4 cm³/mol. The van der Waals surface area contributed by atoms with Gasteiger partial charge >= 0.3 is 0 Å². The van der Waals surface area contributed by atoms with Gasteiger partial charge in [-0.15, -0.1) is 11.3 Å². The minimum absolute atomic E-state index is 0.0249. The second-order valence-electron chi connectivity index (χ2n) is 3.75. The Balaban J connectivity index is 2.04. The van der Waals surface area contributed by atoms with Crippen LogP contribution in [-0.2, 0) is 0 Å². The number of benzene rings is 1.